The Labute approximate surface area is 243 Å². The molecule has 8 nitrogen and oxygen atoms in total. The molecule has 1 amide bonds. The highest BCUT2D eigenvalue weighted by molar-refractivity contribution is 5.82. The van der Waals surface area contributed by atoms with E-state index in [1.54, 1.807) is 35.5 Å². The highest BCUT2D eigenvalue weighted by atomic mass is 19.4. The van der Waals surface area contributed by atoms with Crippen molar-refractivity contribution in [2.75, 3.05) is 19.7 Å². The third kappa shape index (κ3) is 9.32. The molecule has 0 spiro atoms. The summed E-state index contributed by atoms with van der Waals surface area (Å²) in [5, 5.41) is 4.10. The molecule has 1 saturated heterocycles. The summed E-state index contributed by atoms with van der Waals surface area (Å²) < 4.78 is 44.6. The van der Waals surface area contributed by atoms with Gasteiger partial charge in [0, 0.05) is 43.3 Å². The van der Waals surface area contributed by atoms with Gasteiger partial charge in [0.25, 0.3) is 0 Å². The van der Waals surface area contributed by atoms with Crippen LogP contribution in [0.25, 0.3) is 16.9 Å². The first-order valence-corrected chi connectivity index (χ1v) is 14.1. The van der Waals surface area contributed by atoms with Crippen molar-refractivity contribution in [2.45, 2.75) is 71.1 Å². The van der Waals surface area contributed by atoms with E-state index in [0.29, 0.717) is 36.8 Å². The third-order valence-corrected chi connectivity index (χ3v) is 7.01. The number of carbonyl (C=O) groups is 2. The second-order valence-electron chi connectivity index (χ2n) is 11.6. The smallest absolute Gasteiger partial charge is 0.410 e. The number of amides is 1. The number of benzene rings is 1. The van der Waals surface area contributed by atoms with E-state index in [1.807, 2.05) is 49.6 Å². The van der Waals surface area contributed by atoms with Crippen LogP contribution in [0.2, 0.25) is 0 Å². The van der Waals surface area contributed by atoms with Gasteiger partial charge in [-0.2, -0.15) is 13.2 Å². The zero-order valence-corrected chi connectivity index (χ0v) is 24.2. The summed E-state index contributed by atoms with van der Waals surface area (Å²) in [4.78, 5) is 36.0. The molecule has 1 fully saturated rings. The summed E-state index contributed by atoms with van der Waals surface area (Å²) in [7, 11) is 0. The maximum absolute atomic E-state index is 12.4. The molecular formula is C31H37F3N4O4. The predicted octanol–water partition coefficient (Wildman–Crippen LogP) is 6.84. The highest BCUT2D eigenvalue weighted by Crippen LogP contribution is 2.25. The number of piperidine rings is 1. The van der Waals surface area contributed by atoms with E-state index >= 15 is 0 Å². The number of nitrogens with zero attached hydrogens (tertiary/aromatic N) is 4. The minimum absolute atomic E-state index is 0.0491. The molecule has 4 rings (SSSR count). The lowest BCUT2D eigenvalue weighted by Gasteiger charge is -2.33. The number of likely N-dealkylation sites (tertiary alicyclic amines) is 1. The van der Waals surface area contributed by atoms with Crippen molar-refractivity contribution in [1.82, 2.24) is 14.3 Å². The van der Waals surface area contributed by atoms with E-state index < -0.39 is 30.4 Å². The van der Waals surface area contributed by atoms with Crippen LogP contribution in [0.4, 0.5) is 18.0 Å². The number of imidazole rings is 1. The van der Waals surface area contributed by atoms with Gasteiger partial charge in [-0.15, -0.1) is 0 Å². The average molecular weight is 587 g/mol. The fraction of sp³-hybridized carbons (Fsp3) is 0.484. The Morgan fingerprint density at radius 3 is 2.60 bits per heavy atom. The molecule has 0 radical (unpaired) electrons. The Kier molecular flexibility index (Phi) is 9.90. The first-order chi connectivity index (χ1) is 19.9. The number of alkyl halides is 3. The largest absolute Gasteiger partial charge is 0.444 e. The number of ether oxygens (including phenoxy) is 1. The molecule has 11 heteroatoms. The van der Waals surface area contributed by atoms with Crippen LogP contribution in [0.3, 0.4) is 0 Å². The van der Waals surface area contributed by atoms with Gasteiger partial charge in [0.15, 0.2) is 0 Å². The van der Waals surface area contributed by atoms with Crippen molar-refractivity contribution in [2.24, 2.45) is 11.1 Å². The van der Waals surface area contributed by atoms with Gasteiger partial charge in [-0.1, -0.05) is 23.4 Å². The van der Waals surface area contributed by atoms with Crippen molar-refractivity contribution in [3.05, 3.63) is 59.9 Å². The average Bonchev–Trinajstić information content (AvgIpc) is 3.34. The Morgan fingerprint density at radius 2 is 1.88 bits per heavy atom. The summed E-state index contributed by atoms with van der Waals surface area (Å²) in [6.45, 7) is 7.44. The van der Waals surface area contributed by atoms with Crippen LogP contribution >= 0.6 is 0 Å². The number of carbonyl (C=O) groups excluding carboxylic acids is 2. The van der Waals surface area contributed by atoms with Crippen molar-refractivity contribution in [3.63, 3.8) is 0 Å². The van der Waals surface area contributed by atoms with Crippen molar-refractivity contribution in [1.29, 1.82) is 0 Å². The van der Waals surface area contributed by atoms with Gasteiger partial charge in [-0.25, -0.2) is 9.78 Å². The molecule has 3 heterocycles. The standard InChI is InChI=1S/C31H37F3N4O4/c1-30(2,3)42-29(40)37-13-8-22(9-14-37)11-16-41-36-20-24-10-15-38-27(21-35-28(38)19-24)25-6-4-5-23(17-25)18-26(39)7-12-31(32,33)34/h4-6,10,15,17,19-22H,7-9,11-14,16,18H2,1-3H3/b36-20-. The number of fused-ring (bicyclic) bond motifs is 1. The second-order valence-corrected chi connectivity index (χ2v) is 11.6. The summed E-state index contributed by atoms with van der Waals surface area (Å²) in [6.07, 6.45) is 1.60. The SMILES string of the molecule is CC(C)(C)OC(=O)N1CCC(CCO/N=C\c2ccn3c(-c4cccc(CC(=O)CCC(F)(F)F)c4)cnc3c2)CC1. The second kappa shape index (κ2) is 13.4. The van der Waals surface area contributed by atoms with E-state index in [1.165, 1.54) is 0 Å². The lowest BCUT2D eigenvalue weighted by molar-refractivity contribution is -0.143. The number of halogens is 3. The maximum atomic E-state index is 12.4. The molecule has 42 heavy (non-hydrogen) atoms. The number of ketones is 1. The van der Waals surface area contributed by atoms with E-state index in [4.69, 9.17) is 9.57 Å². The van der Waals surface area contributed by atoms with Gasteiger partial charge in [-0.05, 0) is 69.7 Å². The van der Waals surface area contributed by atoms with Crippen molar-refractivity contribution in [3.8, 4) is 11.3 Å². The van der Waals surface area contributed by atoms with E-state index in [2.05, 4.69) is 10.1 Å². The molecule has 0 atom stereocenters. The van der Waals surface area contributed by atoms with Crippen LogP contribution in [0.5, 0.6) is 0 Å². The van der Waals surface area contributed by atoms with Crippen molar-refractivity contribution < 1.29 is 32.3 Å². The molecule has 0 unspecified atom stereocenters. The molecule has 1 aromatic carbocycles. The number of Topliss-reactive ketones (excluding diaryl/α,β-unsaturated/α-hetero) is 1. The van der Waals surface area contributed by atoms with Crippen LogP contribution in [-0.4, -0.2) is 63.8 Å². The number of hydrogen-bond acceptors (Lipinski definition) is 6. The molecule has 0 N–H and O–H groups in total. The molecule has 226 valence electrons. The minimum Gasteiger partial charge on any atom is -0.444 e. The minimum atomic E-state index is -4.34. The predicted molar refractivity (Wildman–Crippen MR) is 153 cm³/mol. The molecule has 0 saturated carbocycles. The van der Waals surface area contributed by atoms with Crippen LogP contribution in [0.15, 0.2) is 53.9 Å². The van der Waals surface area contributed by atoms with Gasteiger partial charge in [-0.3, -0.25) is 9.20 Å². The lowest BCUT2D eigenvalue weighted by Crippen LogP contribution is -2.41. The highest BCUT2D eigenvalue weighted by Gasteiger charge is 2.28. The molecule has 0 bridgehead atoms. The Morgan fingerprint density at radius 1 is 1.12 bits per heavy atom. The van der Waals surface area contributed by atoms with Gasteiger partial charge < -0.3 is 14.5 Å². The van der Waals surface area contributed by atoms with E-state index in [-0.39, 0.29) is 12.5 Å². The summed E-state index contributed by atoms with van der Waals surface area (Å²) >= 11 is 0. The molecule has 1 aliphatic heterocycles. The van der Waals surface area contributed by atoms with E-state index in [9.17, 15) is 22.8 Å². The van der Waals surface area contributed by atoms with Crippen LogP contribution in [0.1, 0.15) is 64.0 Å². The van der Waals surface area contributed by atoms with Crippen LogP contribution in [0, 0.1) is 5.92 Å². The molecular weight excluding hydrogens is 549 g/mol. The summed E-state index contributed by atoms with van der Waals surface area (Å²) in [5.41, 5.74) is 3.28. The Balaban J connectivity index is 1.26. The molecule has 3 aromatic rings. The molecule has 1 aliphatic rings. The zero-order chi connectivity index (χ0) is 30.3. The zero-order valence-electron chi connectivity index (χ0n) is 24.2. The van der Waals surface area contributed by atoms with Gasteiger partial charge in [0.2, 0.25) is 0 Å². The Bertz CT molecular complexity index is 1400. The van der Waals surface area contributed by atoms with Gasteiger partial charge in [0.05, 0.1) is 24.5 Å². The number of pyridine rings is 1. The van der Waals surface area contributed by atoms with Crippen molar-refractivity contribution >= 4 is 23.7 Å². The number of aromatic nitrogens is 2. The summed E-state index contributed by atoms with van der Waals surface area (Å²) in [6, 6.07) is 10.9. The summed E-state index contributed by atoms with van der Waals surface area (Å²) in [5.74, 6) is 0.0208. The first kappa shape index (κ1) is 31.1. The Hall–Kier alpha value is -3.89. The third-order valence-electron chi connectivity index (χ3n) is 7.01. The topological polar surface area (TPSA) is 85.5 Å². The fourth-order valence-electron chi connectivity index (χ4n) is 4.83. The molecule has 0 aliphatic carbocycles. The van der Waals surface area contributed by atoms with E-state index in [0.717, 1.165) is 36.1 Å². The van der Waals surface area contributed by atoms with Gasteiger partial charge in [0.1, 0.15) is 23.6 Å². The normalized spacial score (nSPS) is 15.0. The maximum Gasteiger partial charge on any atom is 0.410 e. The number of rotatable bonds is 10. The van der Waals surface area contributed by atoms with Crippen LogP contribution < -0.4 is 0 Å². The monoisotopic (exact) mass is 586 g/mol. The van der Waals surface area contributed by atoms with Gasteiger partial charge >= 0.3 is 12.3 Å². The fourth-order valence-corrected chi connectivity index (χ4v) is 4.83. The lowest BCUT2D eigenvalue weighted by atomic mass is 9.94. The van der Waals surface area contributed by atoms with Crippen LogP contribution in [-0.2, 0) is 20.8 Å². The molecule has 2 aromatic heterocycles. The number of oxime groups is 1. The number of hydrogen-bond donors (Lipinski definition) is 0. The first-order valence-electron chi connectivity index (χ1n) is 14.1. The quantitative estimate of drug-likeness (QED) is 0.148.